The van der Waals surface area contributed by atoms with Crippen molar-refractivity contribution in [3.8, 4) is 0 Å². The van der Waals surface area contributed by atoms with Crippen LogP contribution in [0.5, 0.6) is 0 Å². The molecule has 8 heteroatoms. The van der Waals surface area contributed by atoms with Crippen molar-refractivity contribution >= 4 is 52.9 Å². The number of hydrogen-bond donors (Lipinski definition) is 2. The van der Waals surface area contributed by atoms with E-state index < -0.39 is 0 Å². The lowest BCUT2D eigenvalue weighted by molar-refractivity contribution is -0.117. The van der Waals surface area contributed by atoms with Gasteiger partial charge in [-0.1, -0.05) is 25.1 Å². The van der Waals surface area contributed by atoms with Gasteiger partial charge in [0.1, 0.15) is 0 Å². The first-order chi connectivity index (χ1) is 12.7. The van der Waals surface area contributed by atoms with E-state index >= 15 is 0 Å². The van der Waals surface area contributed by atoms with Gasteiger partial charge in [0.15, 0.2) is 5.96 Å². The van der Waals surface area contributed by atoms with Gasteiger partial charge >= 0.3 is 0 Å². The highest BCUT2D eigenvalue weighted by atomic mass is 127. The Morgan fingerprint density at radius 1 is 1.37 bits per heavy atom. The van der Waals surface area contributed by atoms with Crippen LogP contribution in [0.25, 0.3) is 0 Å². The summed E-state index contributed by atoms with van der Waals surface area (Å²) in [5, 5.41) is 9.96. The molecule has 0 radical (unpaired) electrons. The molecule has 1 aromatic heterocycles. The molecule has 1 atom stereocenters. The van der Waals surface area contributed by atoms with Gasteiger partial charge in [0, 0.05) is 44.0 Å². The second kappa shape index (κ2) is 10.6. The number of aliphatic imine (C=N–C) groups is 1. The van der Waals surface area contributed by atoms with Crippen molar-refractivity contribution in [2.75, 3.05) is 25.0 Å². The standard InChI is InChI=1S/C19H25N5OS.HI/c1-3-17-22-14(13-26-17)9-10-21-19(20-2)23-15-11-18(25)24(12-15)16-7-5-4-6-8-16;/h4-8,13,15H,3,9-12H2,1-2H3,(H2,20,21,23);1H. The summed E-state index contributed by atoms with van der Waals surface area (Å²) in [4.78, 5) is 23.0. The summed E-state index contributed by atoms with van der Waals surface area (Å²) < 4.78 is 0. The molecule has 6 nitrogen and oxygen atoms in total. The van der Waals surface area contributed by atoms with Gasteiger partial charge in [0.05, 0.1) is 16.7 Å². The summed E-state index contributed by atoms with van der Waals surface area (Å²) in [5.74, 6) is 0.863. The lowest BCUT2D eigenvalue weighted by Gasteiger charge is -2.19. The number of carbonyl (C=O) groups excluding carboxylic acids is 1. The molecule has 146 valence electrons. The van der Waals surface area contributed by atoms with Crippen LogP contribution in [0.3, 0.4) is 0 Å². The van der Waals surface area contributed by atoms with Crippen molar-refractivity contribution in [3.05, 3.63) is 46.4 Å². The maximum Gasteiger partial charge on any atom is 0.229 e. The van der Waals surface area contributed by atoms with Crippen LogP contribution in [0.1, 0.15) is 24.0 Å². The second-order valence-electron chi connectivity index (χ2n) is 6.22. The molecule has 0 bridgehead atoms. The molecule has 0 spiro atoms. The van der Waals surface area contributed by atoms with Crippen molar-refractivity contribution in [3.63, 3.8) is 0 Å². The largest absolute Gasteiger partial charge is 0.356 e. The average Bonchev–Trinajstić information content (AvgIpc) is 3.27. The molecule has 0 saturated carbocycles. The normalized spacial score (nSPS) is 17.0. The van der Waals surface area contributed by atoms with Crippen LogP contribution >= 0.6 is 35.3 Å². The van der Waals surface area contributed by atoms with Gasteiger partial charge in [0.2, 0.25) is 5.91 Å². The number of para-hydroxylation sites is 1. The number of carbonyl (C=O) groups is 1. The van der Waals surface area contributed by atoms with Gasteiger partial charge in [-0.15, -0.1) is 35.3 Å². The van der Waals surface area contributed by atoms with Crippen molar-refractivity contribution < 1.29 is 4.79 Å². The van der Waals surface area contributed by atoms with Gasteiger partial charge in [-0.05, 0) is 18.6 Å². The lowest BCUT2D eigenvalue weighted by Crippen LogP contribution is -2.45. The number of rotatable bonds is 6. The fraction of sp³-hybridized carbons (Fsp3) is 0.421. The fourth-order valence-corrected chi connectivity index (χ4v) is 3.76. The first kappa shape index (κ1) is 21.6. The van der Waals surface area contributed by atoms with E-state index in [0.717, 1.165) is 36.7 Å². The van der Waals surface area contributed by atoms with Crippen molar-refractivity contribution in [2.45, 2.75) is 32.2 Å². The minimum Gasteiger partial charge on any atom is -0.356 e. The molecule has 2 N–H and O–H groups in total. The number of halogens is 1. The van der Waals surface area contributed by atoms with Crippen molar-refractivity contribution in [2.24, 2.45) is 4.99 Å². The maximum atomic E-state index is 12.3. The van der Waals surface area contributed by atoms with Crippen molar-refractivity contribution in [1.82, 2.24) is 15.6 Å². The Labute approximate surface area is 181 Å². The summed E-state index contributed by atoms with van der Waals surface area (Å²) in [5.41, 5.74) is 2.06. The summed E-state index contributed by atoms with van der Waals surface area (Å²) in [6.45, 7) is 3.53. The second-order valence-corrected chi connectivity index (χ2v) is 7.16. The molecule has 1 aromatic carbocycles. The smallest absolute Gasteiger partial charge is 0.229 e. The van der Waals surface area contributed by atoms with Crippen molar-refractivity contribution in [1.29, 1.82) is 0 Å². The fourth-order valence-electron chi connectivity index (χ4n) is 2.98. The Hall–Kier alpha value is -1.68. The van der Waals surface area contributed by atoms with E-state index in [9.17, 15) is 4.79 Å². The molecular weight excluding hydrogens is 473 g/mol. The van der Waals surface area contributed by atoms with Crippen LogP contribution < -0.4 is 15.5 Å². The number of thiazole rings is 1. The van der Waals surface area contributed by atoms with E-state index in [4.69, 9.17) is 0 Å². The Balaban J connectivity index is 0.00000261. The minimum atomic E-state index is 0. The SMILES string of the molecule is CCc1nc(CCNC(=NC)NC2CC(=O)N(c3ccccc3)C2)cs1.I. The quantitative estimate of drug-likeness (QED) is 0.365. The highest BCUT2D eigenvalue weighted by Crippen LogP contribution is 2.20. The highest BCUT2D eigenvalue weighted by Gasteiger charge is 2.30. The molecule has 3 rings (SSSR count). The Morgan fingerprint density at radius 3 is 2.81 bits per heavy atom. The third kappa shape index (κ3) is 5.90. The Morgan fingerprint density at radius 2 is 2.15 bits per heavy atom. The number of guanidine groups is 1. The van der Waals surface area contributed by atoms with Gasteiger partial charge in [-0.25, -0.2) is 4.98 Å². The third-order valence-electron chi connectivity index (χ3n) is 4.33. The first-order valence-corrected chi connectivity index (χ1v) is 9.83. The van der Waals surface area contributed by atoms with Crippen LogP contribution in [0, 0.1) is 0 Å². The highest BCUT2D eigenvalue weighted by molar-refractivity contribution is 14.0. The number of nitrogens with zero attached hydrogens (tertiary/aromatic N) is 3. The molecular formula is C19H26IN5OS. The number of nitrogens with one attached hydrogen (secondary N) is 2. The zero-order valence-electron chi connectivity index (χ0n) is 15.6. The van der Waals surface area contributed by atoms with E-state index in [-0.39, 0.29) is 35.9 Å². The molecule has 2 aromatic rings. The average molecular weight is 499 g/mol. The number of aromatic nitrogens is 1. The topological polar surface area (TPSA) is 69.6 Å². The summed E-state index contributed by atoms with van der Waals surface area (Å²) in [6, 6.07) is 9.84. The van der Waals surface area contributed by atoms with Gasteiger partial charge < -0.3 is 15.5 Å². The lowest BCUT2D eigenvalue weighted by atomic mass is 10.2. The van der Waals surface area contributed by atoms with Crippen LogP contribution in [0.2, 0.25) is 0 Å². The summed E-state index contributed by atoms with van der Waals surface area (Å²) >= 11 is 1.71. The number of anilines is 1. The summed E-state index contributed by atoms with van der Waals surface area (Å²) in [6.07, 6.45) is 2.31. The molecule has 1 saturated heterocycles. The molecule has 1 amide bonds. The van der Waals surface area contributed by atoms with E-state index in [0.29, 0.717) is 13.0 Å². The molecule has 2 heterocycles. The third-order valence-corrected chi connectivity index (χ3v) is 5.37. The molecule has 27 heavy (non-hydrogen) atoms. The monoisotopic (exact) mass is 499 g/mol. The van der Waals surface area contributed by atoms with E-state index in [2.05, 4.69) is 32.9 Å². The molecule has 1 aliphatic rings. The van der Waals surface area contributed by atoms with Crippen LogP contribution in [0.15, 0.2) is 40.7 Å². The number of hydrogen-bond acceptors (Lipinski definition) is 4. The number of benzene rings is 1. The minimum absolute atomic E-state index is 0. The number of aryl methyl sites for hydroxylation is 1. The van der Waals surface area contributed by atoms with Gasteiger partial charge in [-0.2, -0.15) is 0 Å². The number of amides is 1. The molecule has 1 unspecified atom stereocenters. The molecule has 0 aliphatic carbocycles. The predicted octanol–water partition coefficient (Wildman–Crippen LogP) is 2.84. The summed E-state index contributed by atoms with van der Waals surface area (Å²) in [7, 11) is 1.75. The zero-order valence-corrected chi connectivity index (χ0v) is 18.8. The first-order valence-electron chi connectivity index (χ1n) is 8.95. The van der Waals surface area contributed by atoms with Gasteiger partial charge in [-0.3, -0.25) is 9.79 Å². The van der Waals surface area contributed by atoms with E-state index in [1.807, 2.05) is 35.2 Å². The van der Waals surface area contributed by atoms with E-state index in [1.165, 1.54) is 5.01 Å². The molecule has 1 fully saturated rings. The van der Waals surface area contributed by atoms with Crippen LogP contribution in [-0.4, -0.2) is 43.0 Å². The Bertz CT molecular complexity index is 764. The van der Waals surface area contributed by atoms with E-state index in [1.54, 1.807) is 18.4 Å². The predicted molar refractivity (Wildman–Crippen MR) is 122 cm³/mol. The zero-order chi connectivity index (χ0) is 18.4. The Kier molecular flexibility index (Phi) is 8.49. The van der Waals surface area contributed by atoms with Gasteiger partial charge in [0.25, 0.3) is 0 Å². The van der Waals surface area contributed by atoms with Crippen LogP contribution in [-0.2, 0) is 17.6 Å². The van der Waals surface area contributed by atoms with Crippen LogP contribution in [0.4, 0.5) is 5.69 Å². The maximum absolute atomic E-state index is 12.3. The molecule has 1 aliphatic heterocycles.